The van der Waals surface area contributed by atoms with Crippen LogP contribution in [0.25, 0.3) is 132 Å². The van der Waals surface area contributed by atoms with Gasteiger partial charge in [-0.15, -0.1) is 66.2 Å². The number of rotatable bonds is 19. The molecule has 25 heteroatoms. The standard InChI is InChI=1S/C21H25N3.C19H24N4O.C19H24N4.C16H12N2O.C13H10F2N.C10H5F2N2.3Ir/c1-15(2)22-21(23-16(3)4)24-19-11-7-5-9-17(19)13-14-18-10-6-8-12-20(18)24;1-12(2)21-19(22-13(3)4)23-17-9-14(11-24)5-6-15(17)16-7-8-20-10-18(16)23;1-12(2)21-19(22-13(3)4)23-17-9-7-6-8-15(17)16-10-11-20-14(5)18(16)23;1-17-8-9-18(11-17)12-6-7-14-13-4-2-3-5-15(13)19-16(14)10-12;1-8-5-6-16-12(7-8)10-3-4-11(14)9(2)13(10)15;11-9-5-4-7(10(12)14-9)8-3-1-2-6-13-8;;;/h5-16,21H,1-4H3;5-10,12-13,19,24H,11H2,1-4H3;6-13,19H,1-5H3;2-5,7-11H,1H3;4-7H,1-2H3;1-3,5-6H;;;/q4*-2;2*-1;;2*+3. The second-order valence-corrected chi connectivity index (χ2v) is 30.7. The van der Waals surface area contributed by atoms with Crippen LogP contribution in [0.2, 0.25) is 0 Å². The molecular formula is C98H100F4Ir3N16O2-4. The number of halogens is 4. The van der Waals surface area contributed by atoms with Gasteiger partial charge in [0.25, 0.3) is 0 Å². The van der Waals surface area contributed by atoms with Gasteiger partial charge in [-0.05, 0) is 121 Å². The molecule has 0 unspecified atom stereocenters. The maximum atomic E-state index is 13.8. The molecule has 123 heavy (non-hydrogen) atoms. The van der Waals surface area contributed by atoms with E-state index in [0.29, 0.717) is 11.4 Å². The Hall–Kier alpha value is -10.0. The van der Waals surface area contributed by atoms with E-state index in [1.807, 2.05) is 110 Å². The van der Waals surface area contributed by atoms with Crippen molar-refractivity contribution >= 4 is 94.8 Å². The first-order valence-corrected chi connectivity index (χ1v) is 40.2. The SMILES string of the molecule is CC(C)[N-]C([N-]C(C)C)N1c2ccccc2C=Cc2ccccc21.CC(C)[N-]C([N-]C(C)C)n1c2cnccc2c2ccc(CO)cc21.CN1C=CN(c2[c-]cc3c(c2)oc2ccccc23)[CH-]1.Cc1ccnc(-c2[c-]cc(F)c(C)c2F)c1.Cc1nccc2c3ccccc3n(C([N-]C(C)C)[N-]C(C)C)c12.Fc1c[c-]c(-c2ccccn2)c(F)n1.[Ir+3].[Ir+3].[Ir]. The van der Waals surface area contributed by atoms with E-state index in [9.17, 15) is 22.7 Å². The van der Waals surface area contributed by atoms with Crippen molar-refractivity contribution in [1.82, 2.24) is 39.0 Å². The number of hydrogen-bond acceptors (Lipinski definition) is 10. The molecule has 8 aromatic heterocycles. The number of furan rings is 1. The van der Waals surface area contributed by atoms with Gasteiger partial charge in [0.2, 0.25) is 0 Å². The summed E-state index contributed by atoms with van der Waals surface area (Å²) in [5.74, 6) is -2.97. The smallest absolute Gasteiger partial charge is 0.658 e. The van der Waals surface area contributed by atoms with E-state index < -0.39 is 23.5 Å². The van der Waals surface area contributed by atoms with Crippen molar-refractivity contribution in [2.75, 3.05) is 16.8 Å². The Balaban J connectivity index is 0.000000168. The van der Waals surface area contributed by atoms with E-state index >= 15 is 0 Å². The van der Waals surface area contributed by atoms with E-state index in [1.165, 1.54) is 35.0 Å². The fourth-order valence-corrected chi connectivity index (χ4v) is 13.9. The van der Waals surface area contributed by atoms with Crippen LogP contribution in [-0.4, -0.2) is 93.6 Å². The van der Waals surface area contributed by atoms with Gasteiger partial charge in [-0.3, -0.25) is 23.7 Å². The van der Waals surface area contributed by atoms with E-state index in [4.69, 9.17) is 36.3 Å². The largest absolute Gasteiger partial charge is 3.00 e. The van der Waals surface area contributed by atoms with Crippen LogP contribution >= 0.6 is 0 Å². The quantitative estimate of drug-likeness (QED) is 0.0461. The third-order valence-corrected chi connectivity index (χ3v) is 19.2. The van der Waals surface area contributed by atoms with E-state index in [0.717, 1.165) is 101 Å². The maximum absolute atomic E-state index is 13.8. The first kappa shape index (κ1) is 96.8. The van der Waals surface area contributed by atoms with Crippen LogP contribution in [0.3, 0.4) is 0 Å². The molecule has 1 radical (unpaired) electrons. The number of hydrogen-bond donors (Lipinski definition) is 1. The summed E-state index contributed by atoms with van der Waals surface area (Å²) in [7, 11) is 2.00. The van der Waals surface area contributed by atoms with Gasteiger partial charge in [-0.1, -0.05) is 239 Å². The van der Waals surface area contributed by atoms with Crippen molar-refractivity contribution in [3.63, 3.8) is 0 Å². The van der Waals surface area contributed by atoms with Gasteiger partial charge in [0, 0.05) is 106 Å². The number of nitrogens with zero attached hydrogens (tertiary/aromatic N) is 16. The normalized spacial score (nSPS) is 12.2. The molecule has 0 aliphatic carbocycles. The summed E-state index contributed by atoms with van der Waals surface area (Å²) in [5.41, 5.74) is 15.8. The Kier molecular flexibility index (Phi) is 35.4. The zero-order valence-electron chi connectivity index (χ0n) is 71.5. The summed E-state index contributed by atoms with van der Waals surface area (Å²) in [6.07, 6.45) is 16.3. The molecule has 0 fully saturated rings. The van der Waals surface area contributed by atoms with Crippen molar-refractivity contribution in [3.8, 4) is 22.5 Å². The first-order chi connectivity index (χ1) is 57.7. The number of aliphatic hydroxyl groups excluding tert-OH is 1. The maximum Gasteiger partial charge on any atom is 3.00 e. The number of fused-ring (bicyclic) bond motifs is 11. The fraction of sp³-hybridized carbons (Fsp3) is 0.265. The summed E-state index contributed by atoms with van der Waals surface area (Å²) in [6.45, 7) is 32.4. The van der Waals surface area contributed by atoms with Crippen LogP contribution in [0.1, 0.15) is 129 Å². The number of benzene rings is 7. The van der Waals surface area contributed by atoms with Gasteiger partial charge in [0.15, 0.2) is 0 Å². The van der Waals surface area contributed by atoms with Gasteiger partial charge in [-0.2, -0.15) is 37.7 Å². The molecular weight excluding hydrogens is 2090 g/mol. The average molecular weight is 2190 g/mol. The molecule has 2 aliphatic heterocycles. The van der Waals surface area contributed by atoms with Crippen molar-refractivity contribution in [1.29, 1.82) is 0 Å². The average Bonchev–Trinajstić information content (AvgIpc) is 1.61. The van der Waals surface area contributed by atoms with Crippen LogP contribution in [-0.2, 0) is 66.9 Å². The van der Waals surface area contributed by atoms with E-state index in [1.54, 1.807) is 36.7 Å². The van der Waals surface area contributed by atoms with Crippen LogP contribution in [0.4, 0.5) is 34.6 Å². The second-order valence-electron chi connectivity index (χ2n) is 30.7. The second kappa shape index (κ2) is 45.0. The molecule has 2 aliphatic rings. The van der Waals surface area contributed by atoms with E-state index in [-0.39, 0.29) is 139 Å². The van der Waals surface area contributed by atoms with Crippen molar-refractivity contribution in [2.24, 2.45) is 0 Å². The predicted octanol–water partition coefficient (Wildman–Crippen LogP) is 25.8. The van der Waals surface area contributed by atoms with Gasteiger partial charge < -0.3 is 75.2 Å². The molecule has 0 atom stereocenters. The molecule has 10 heterocycles. The summed E-state index contributed by atoms with van der Waals surface area (Å²) < 4.78 is 62.7. The van der Waals surface area contributed by atoms with Crippen LogP contribution < -0.4 is 9.80 Å². The molecule has 7 aromatic carbocycles. The molecule has 0 amide bonds. The minimum Gasteiger partial charge on any atom is -0.658 e. The molecule has 1 N–H and O–H groups in total. The summed E-state index contributed by atoms with van der Waals surface area (Å²) in [6, 6.07) is 67.8. The van der Waals surface area contributed by atoms with Crippen LogP contribution in [0, 0.1) is 69.2 Å². The summed E-state index contributed by atoms with van der Waals surface area (Å²) in [4.78, 5) is 26.1. The van der Waals surface area contributed by atoms with Gasteiger partial charge >= 0.3 is 40.2 Å². The number of aryl methyl sites for hydroxylation is 2. The topological polar surface area (TPSA) is 202 Å². The molecule has 0 saturated heterocycles. The molecule has 15 aromatic rings. The molecule has 18 nitrogen and oxygen atoms in total. The third-order valence-electron chi connectivity index (χ3n) is 19.2. The predicted molar refractivity (Wildman–Crippen MR) is 482 cm³/mol. The molecule has 0 spiro atoms. The monoisotopic (exact) mass is 2190 g/mol. The van der Waals surface area contributed by atoms with Crippen molar-refractivity contribution in [2.45, 2.75) is 166 Å². The van der Waals surface area contributed by atoms with Gasteiger partial charge in [0.1, 0.15) is 17.5 Å². The fourth-order valence-electron chi connectivity index (χ4n) is 13.9. The molecule has 0 bridgehead atoms. The Morgan fingerprint density at radius 2 is 1.03 bits per heavy atom. The number of aromatic nitrogens is 7. The van der Waals surface area contributed by atoms with Gasteiger partial charge in [0.05, 0.1) is 29.5 Å². The Morgan fingerprint density at radius 1 is 0.480 bits per heavy atom. The minimum absolute atomic E-state index is 0. The first-order valence-electron chi connectivity index (χ1n) is 40.2. The number of aliphatic hydroxyl groups is 1. The number of anilines is 3. The Morgan fingerprint density at radius 3 is 1.63 bits per heavy atom. The third kappa shape index (κ3) is 24.1. The summed E-state index contributed by atoms with van der Waals surface area (Å²) in [5, 5.41) is 45.7. The minimum atomic E-state index is -0.899. The van der Waals surface area contributed by atoms with Gasteiger partial charge in [-0.25, -0.2) is 8.78 Å². The zero-order valence-corrected chi connectivity index (χ0v) is 78.7. The van der Waals surface area contributed by atoms with E-state index in [2.05, 4.69) is 250 Å². The molecule has 17 rings (SSSR count). The molecule has 0 saturated carbocycles. The van der Waals surface area contributed by atoms with Crippen LogP contribution in [0.15, 0.2) is 230 Å². The zero-order chi connectivity index (χ0) is 85.4. The van der Waals surface area contributed by atoms with Crippen molar-refractivity contribution in [3.05, 3.63) is 339 Å². The summed E-state index contributed by atoms with van der Waals surface area (Å²) >= 11 is 0. The Bertz CT molecular complexity index is 5960. The van der Waals surface area contributed by atoms with Crippen molar-refractivity contribution < 1.29 is 87.4 Å². The Labute approximate surface area is 759 Å². The number of pyridine rings is 5. The molecule has 643 valence electrons. The number of para-hydroxylation sites is 4. The van der Waals surface area contributed by atoms with Crippen LogP contribution in [0.5, 0.6) is 0 Å².